The molecule has 0 aliphatic rings. The summed E-state index contributed by atoms with van der Waals surface area (Å²) < 4.78 is 2.20. The lowest BCUT2D eigenvalue weighted by Gasteiger charge is -2.14. The second-order valence-electron chi connectivity index (χ2n) is 5.79. The number of para-hydroxylation sites is 1. The first kappa shape index (κ1) is 15.6. The first-order valence-corrected chi connectivity index (χ1v) is 7.56. The number of aliphatic hydroxyl groups is 1. The van der Waals surface area contributed by atoms with Crippen LogP contribution in [-0.2, 0) is 11.3 Å². The molecule has 1 unspecified atom stereocenters. The van der Waals surface area contributed by atoms with Crippen molar-refractivity contribution in [1.82, 2.24) is 9.88 Å². The minimum atomic E-state index is -0.557. The fourth-order valence-electron chi connectivity index (χ4n) is 2.31. The molecule has 0 radical (unpaired) electrons. The quantitative estimate of drug-likeness (QED) is 0.769. The molecule has 0 spiro atoms. The molecule has 1 heterocycles. The lowest BCUT2D eigenvalue weighted by molar-refractivity contribution is -0.123. The summed E-state index contributed by atoms with van der Waals surface area (Å²) in [5, 5.41) is 13.8. The number of hydrogen-bond donors (Lipinski definition) is 2. The van der Waals surface area contributed by atoms with Gasteiger partial charge < -0.3 is 15.0 Å². The van der Waals surface area contributed by atoms with E-state index in [9.17, 15) is 9.90 Å². The van der Waals surface area contributed by atoms with Crippen LogP contribution < -0.4 is 5.32 Å². The van der Waals surface area contributed by atoms with Crippen LogP contribution in [0.1, 0.15) is 26.7 Å². The van der Waals surface area contributed by atoms with E-state index in [1.54, 1.807) is 0 Å². The van der Waals surface area contributed by atoms with Gasteiger partial charge in [-0.2, -0.15) is 0 Å². The van der Waals surface area contributed by atoms with Gasteiger partial charge in [-0.1, -0.05) is 32.0 Å². The van der Waals surface area contributed by atoms with Gasteiger partial charge in [-0.15, -0.1) is 0 Å². The van der Waals surface area contributed by atoms with Crippen molar-refractivity contribution >= 4 is 16.8 Å². The number of benzene rings is 1. The third kappa shape index (κ3) is 4.33. The third-order valence-corrected chi connectivity index (χ3v) is 3.74. The number of aryl methyl sites for hydroxylation is 1. The van der Waals surface area contributed by atoms with Crippen LogP contribution in [0.25, 0.3) is 10.9 Å². The zero-order valence-electron chi connectivity index (χ0n) is 12.7. The Bertz CT molecular complexity index is 589. The molecule has 2 rings (SSSR count). The monoisotopic (exact) mass is 288 g/mol. The number of nitrogens with one attached hydrogen (secondary N) is 1. The molecule has 1 amide bonds. The average molecular weight is 288 g/mol. The standard InChI is InChI=1S/C17H24N2O2/c1-13(2)16(20)12-17(21)18-9-5-10-19-11-8-14-6-3-4-7-15(14)19/h3-4,6-8,11,13,16,20H,5,9-10,12H2,1-2H3,(H,18,21). The number of aliphatic hydroxyl groups excluding tert-OH is 1. The Morgan fingerprint density at radius 3 is 2.81 bits per heavy atom. The number of hydrogen-bond acceptors (Lipinski definition) is 2. The maximum atomic E-state index is 11.7. The lowest BCUT2D eigenvalue weighted by atomic mass is 10.0. The molecule has 114 valence electrons. The molecule has 21 heavy (non-hydrogen) atoms. The third-order valence-electron chi connectivity index (χ3n) is 3.74. The summed E-state index contributed by atoms with van der Waals surface area (Å²) in [6, 6.07) is 10.4. The van der Waals surface area contributed by atoms with Crippen LogP contribution in [0.2, 0.25) is 0 Å². The summed E-state index contributed by atoms with van der Waals surface area (Å²) in [5.74, 6) is 0.0375. The summed E-state index contributed by atoms with van der Waals surface area (Å²) in [7, 11) is 0. The van der Waals surface area contributed by atoms with Crippen LogP contribution in [0.4, 0.5) is 0 Å². The minimum Gasteiger partial charge on any atom is -0.392 e. The van der Waals surface area contributed by atoms with Crippen LogP contribution >= 0.6 is 0 Å². The number of rotatable bonds is 7. The van der Waals surface area contributed by atoms with Crippen molar-refractivity contribution in [1.29, 1.82) is 0 Å². The summed E-state index contributed by atoms with van der Waals surface area (Å²) in [6.45, 7) is 5.33. The van der Waals surface area contributed by atoms with E-state index in [4.69, 9.17) is 0 Å². The first-order valence-electron chi connectivity index (χ1n) is 7.56. The van der Waals surface area contributed by atoms with E-state index in [1.165, 1.54) is 10.9 Å². The van der Waals surface area contributed by atoms with Crippen molar-refractivity contribution < 1.29 is 9.90 Å². The Balaban J connectivity index is 1.74. The molecule has 0 fully saturated rings. The van der Waals surface area contributed by atoms with E-state index < -0.39 is 6.10 Å². The fourth-order valence-corrected chi connectivity index (χ4v) is 2.31. The molecule has 0 aliphatic carbocycles. The predicted octanol–water partition coefficient (Wildman–Crippen LogP) is 2.55. The maximum Gasteiger partial charge on any atom is 0.222 e. The van der Waals surface area contributed by atoms with Crippen molar-refractivity contribution in [2.75, 3.05) is 6.54 Å². The Labute approximate surface area is 125 Å². The molecule has 0 saturated carbocycles. The number of carbonyl (C=O) groups excluding carboxylic acids is 1. The van der Waals surface area contributed by atoms with Gasteiger partial charge in [0, 0.05) is 24.8 Å². The van der Waals surface area contributed by atoms with Gasteiger partial charge in [-0.05, 0) is 29.9 Å². The number of aromatic nitrogens is 1. The SMILES string of the molecule is CC(C)C(O)CC(=O)NCCCn1ccc2ccccc21. The normalized spacial score (nSPS) is 12.8. The summed E-state index contributed by atoms with van der Waals surface area (Å²) >= 11 is 0. The van der Waals surface area contributed by atoms with Gasteiger partial charge >= 0.3 is 0 Å². The topological polar surface area (TPSA) is 54.3 Å². The molecule has 0 aliphatic heterocycles. The van der Waals surface area contributed by atoms with Crippen molar-refractivity contribution in [3.8, 4) is 0 Å². The molecule has 2 aromatic rings. The molecule has 0 bridgehead atoms. The van der Waals surface area contributed by atoms with Crippen LogP contribution in [-0.4, -0.2) is 28.2 Å². The van der Waals surface area contributed by atoms with Gasteiger partial charge in [0.05, 0.1) is 12.5 Å². The summed E-state index contributed by atoms with van der Waals surface area (Å²) in [6.07, 6.45) is 2.58. The van der Waals surface area contributed by atoms with Crippen molar-refractivity contribution in [2.45, 2.75) is 39.3 Å². The highest BCUT2D eigenvalue weighted by Gasteiger charge is 2.13. The van der Waals surface area contributed by atoms with Crippen molar-refractivity contribution in [2.24, 2.45) is 5.92 Å². The molecule has 1 aromatic heterocycles. The molecule has 1 atom stereocenters. The van der Waals surface area contributed by atoms with E-state index in [2.05, 4.69) is 34.3 Å². The zero-order valence-corrected chi connectivity index (χ0v) is 12.7. The van der Waals surface area contributed by atoms with E-state index in [-0.39, 0.29) is 18.2 Å². The Morgan fingerprint density at radius 2 is 2.05 bits per heavy atom. The number of carbonyl (C=O) groups is 1. The molecule has 4 nitrogen and oxygen atoms in total. The van der Waals surface area contributed by atoms with Gasteiger partial charge in [0.15, 0.2) is 0 Å². The van der Waals surface area contributed by atoms with Crippen LogP contribution in [0.5, 0.6) is 0 Å². The Kier molecular flexibility index (Phi) is 5.39. The number of fused-ring (bicyclic) bond motifs is 1. The molecular weight excluding hydrogens is 264 g/mol. The zero-order chi connectivity index (χ0) is 15.2. The van der Waals surface area contributed by atoms with E-state index in [0.717, 1.165) is 13.0 Å². The van der Waals surface area contributed by atoms with Crippen LogP contribution in [0, 0.1) is 5.92 Å². The second-order valence-corrected chi connectivity index (χ2v) is 5.79. The largest absolute Gasteiger partial charge is 0.392 e. The van der Waals surface area contributed by atoms with Gasteiger partial charge in [0.25, 0.3) is 0 Å². The number of amides is 1. The van der Waals surface area contributed by atoms with E-state index >= 15 is 0 Å². The highest BCUT2D eigenvalue weighted by molar-refractivity contribution is 5.79. The van der Waals surface area contributed by atoms with Crippen molar-refractivity contribution in [3.05, 3.63) is 36.5 Å². The highest BCUT2D eigenvalue weighted by Crippen LogP contribution is 2.15. The average Bonchev–Trinajstić information content (AvgIpc) is 2.87. The predicted molar refractivity (Wildman–Crippen MR) is 85.0 cm³/mol. The van der Waals surface area contributed by atoms with Gasteiger partial charge in [0.1, 0.15) is 0 Å². The van der Waals surface area contributed by atoms with Gasteiger partial charge in [-0.3, -0.25) is 4.79 Å². The number of nitrogens with zero attached hydrogens (tertiary/aromatic N) is 1. The Morgan fingerprint density at radius 1 is 1.29 bits per heavy atom. The summed E-state index contributed by atoms with van der Waals surface area (Å²) in [5.41, 5.74) is 1.22. The maximum absolute atomic E-state index is 11.7. The lowest BCUT2D eigenvalue weighted by Crippen LogP contribution is -2.30. The van der Waals surface area contributed by atoms with E-state index in [0.29, 0.717) is 6.54 Å². The van der Waals surface area contributed by atoms with E-state index in [1.807, 2.05) is 26.0 Å². The molecular formula is C17H24N2O2. The van der Waals surface area contributed by atoms with Crippen molar-refractivity contribution in [3.63, 3.8) is 0 Å². The molecule has 2 N–H and O–H groups in total. The minimum absolute atomic E-state index is 0.0754. The second kappa shape index (κ2) is 7.27. The van der Waals surface area contributed by atoms with Crippen LogP contribution in [0.3, 0.4) is 0 Å². The molecule has 0 saturated heterocycles. The summed E-state index contributed by atoms with van der Waals surface area (Å²) in [4.78, 5) is 11.7. The fraction of sp³-hybridized carbons (Fsp3) is 0.471. The van der Waals surface area contributed by atoms with Gasteiger partial charge in [0.2, 0.25) is 5.91 Å². The highest BCUT2D eigenvalue weighted by atomic mass is 16.3. The van der Waals surface area contributed by atoms with Gasteiger partial charge in [-0.25, -0.2) is 0 Å². The Hall–Kier alpha value is -1.81. The molecule has 1 aromatic carbocycles. The van der Waals surface area contributed by atoms with Crippen LogP contribution in [0.15, 0.2) is 36.5 Å². The smallest absolute Gasteiger partial charge is 0.222 e. The molecule has 4 heteroatoms. The first-order chi connectivity index (χ1) is 10.1.